The van der Waals surface area contributed by atoms with E-state index >= 15 is 0 Å². The highest BCUT2D eigenvalue weighted by Gasteiger charge is 2.34. The number of ether oxygens (including phenoxy) is 3. The standard InChI is InChI=1S/C31H32F3N3O6S/c1-30(2,3)43-29(40)36-24-18-44-26-14-9-21(27(38)35-16-19-5-10-22(41-4)11-6-19)15-25(26)37(28(24)39)17-20-7-12-23(13-8-20)42-31(32,33)34/h5-15,24H,16-18H2,1-4H3,(H,35,38)(H,36,40)/t24-/m0/s1. The fourth-order valence-corrected chi connectivity index (χ4v) is 5.32. The monoisotopic (exact) mass is 631 g/mol. The van der Waals surface area contributed by atoms with Crippen molar-refractivity contribution in [1.82, 2.24) is 10.6 Å². The molecule has 0 radical (unpaired) electrons. The first-order valence-electron chi connectivity index (χ1n) is 13.5. The molecule has 2 N–H and O–H groups in total. The second-order valence-corrected chi connectivity index (χ2v) is 11.9. The average Bonchev–Trinajstić information content (AvgIpc) is 3.07. The van der Waals surface area contributed by atoms with Crippen LogP contribution < -0.4 is 25.0 Å². The third-order valence-electron chi connectivity index (χ3n) is 6.28. The van der Waals surface area contributed by atoms with E-state index in [9.17, 15) is 27.6 Å². The predicted octanol–water partition coefficient (Wildman–Crippen LogP) is 6.06. The minimum absolute atomic E-state index is 0.0535. The van der Waals surface area contributed by atoms with E-state index in [1.807, 2.05) is 12.1 Å². The maximum atomic E-state index is 13.9. The van der Waals surface area contributed by atoms with Crippen LogP contribution in [0, 0.1) is 0 Å². The van der Waals surface area contributed by atoms with Crippen molar-refractivity contribution in [3.8, 4) is 11.5 Å². The summed E-state index contributed by atoms with van der Waals surface area (Å²) >= 11 is 1.32. The van der Waals surface area contributed by atoms with Crippen molar-refractivity contribution in [2.75, 3.05) is 17.8 Å². The van der Waals surface area contributed by atoms with Gasteiger partial charge in [0.15, 0.2) is 0 Å². The maximum Gasteiger partial charge on any atom is 0.573 e. The van der Waals surface area contributed by atoms with Gasteiger partial charge in [-0.15, -0.1) is 24.9 Å². The summed E-state index contributed by atoms with van der Waals surface area (Å²) in [7, 11) is 1.56. The Kier molecular flexibility index (Phi) is 9.98. The molecule has 3 aromatic carbocycles. The van der Waals surface area contributed by atoms with Gasteiger partial charge in [-0.2, -0.15) is 0 Å². The van der Waals surface area contributed by atoms with Crippen molar-refractivity contribution in [2.45, 2.75) is 56.8 Å². The summed E-state index contributed by atoms with van der Waals surface area (Å²) in [6.45, 7) is 5.30. The zero-order valence-corrected chi connectivity index (χ0v) is 25.3. The topological polar surface area (TPSA) is 106 Å². The van der Waals surface area contributed by atoms with E-state index in [2.05, 4.69) is 15.4 Å². The Hall–Kier alpha value is -4.39. The van der Waals surface area contributed by atoms with E-state index in [-0.39, 0.29) is 24.7 Å². The molecule has 234 valence electrons. The molecule has 1 atom stereocenters. The highest BCUT2D eigenvalue weighted by Crippen LogP contribution is 2.36. The molecule has 13 heteroatoms. The number of benzene rings is 3. The molecular weight excluding hydrogens is 599 g/mol. The van der Waals surface area contributed by atoms with Crippen molar-refractivity contribution in [3.05, 3.63) is 83.4 Å². The Bertz CT molecular complexity index is 1490. The van der Waals surface area contributed by atoms with Crippen molar-refractivity contribution < 1.29 is 41.8 Å². The molecule has 0 fully saturated rings. The number of halogens is 3. The molecule has 0 aromatic heterocycles. The van der Waals surface area contributed by atoms with Crippen molar-refractivity contribution in [1.29, 1.82) is 0 Å². The number of rotatable bonds is 8. The molecule has 0 spiro atoms. The van der Waals surface area contributed by atoms with Gasteiger partial charge < -0.3 is 29.7 Å². The number of thioether (sulfide) groups is 1. The number of fused-ring (bicyclic) bond motifs is 1. The SMILES string of the molecule is COc1ccc(CNC(=O)c2ccc3c(c2)N(Cc2ccc(OC(F)(F)F)cc2)C(=O)[C@@H](NC(=O)OC(C)(C)C)CS3)cc1. The van der Waals surface area contributed by atoms with Crippen LogP contribution in [0.1, 0.15) is 42.3 Å². The van der Waals surface area contributed by atoms with Gasteiger partial charge in [-0.3, -0.25) is 9.59 Å². The lowest BCUT2D eigenvalue weighted by atomic mass is 10.1. The zero-order chi connectivity index (χ0) is 32.1. The molecule has 0 saturated heterocycles. The van der Waals surface area contributed by atoms with Gasteiger partial charge in [0.05, 0.1) is 19.3 Å². The number of alkyl carbamates (subject to hydrolysis) is 1. The molecule has 3 aromatic rings. The number of nitrogens with one attached hydrogen (secondary N) is 2. The van der Waals surface area contributed by atoms with Crippen LogP contribution in [0.5, 0.6) is 11.5 Å². The molecule has 1 heterocycles. The van der Waals surface area contributed by atoms with Gasteiger partial charge in [-0.25, -0.2) is 4.79 Å². The van der Waals surface area contributed by atoms with Crippen LogP contribution >= 0.6 is 11.8 Å². The van der Waals surface area contributed by atoms with Crippen LogP contribution in [0.2, 0.25) is 0 Å². The summed E-state index contributed by atoms with van der Waals surface area (Å²) in [4.78, 5) is 41.6. The van der Waals surface area contributed by atoms with Gasteiger partial charge in [0.25, 0.3) is 11.8 Å². The Labute approximate surface area is 257 Å². The van der Waals surface area contributed by atoms with Crippen LogP contribution in [0.4, 0.5) is 23.7 Å². The van der Waals surface area contributed by atoms with E-state index in [4.69, 9.17) is 9.47 Å². The number of carbonyl (C=O) groups excluding carboxylic acids is 3. The Morgan fingerprint density at radius 2 is 1.59 bits per heavy atom. The third-order valence-corrected chi connectivity index (χ3v) is 7.44. The van der Waals surface area contributed by atoms with Crippen LogP contribution in [0.25, 0.3) is 0 Å². The fourth-order valence-electron chi connectivity index (χ4n) is 4.27. The van der Waals surface area contributed by atoms with Crippen molar-refractivity contribution in [2.24, 2.45) is 0 Å². The predicted molar refractivity (Wildman–Crippen MR) is 159 cm³/mol. The molecule has 0 saturated carbocycles. The van der Waals surface area contributed by atoms with E-state index in [1.54, 1.807) is 58.2 Å². The smallest absolute Gasteiger partial charge is 0.497 e. The normalized spacial score (nSPS) is 15.1. The summed E-state index contributed by atoms with van der Waals surface area (Å²) in [6, 6.07) is 16.3. The summed E-state index contributed by atoms with van der Waals surface area (Å²) < 4.78 is 52.4. The quantitative estimate of drug-likeness (QED) is 0.312. The summed E-state index contributed by atoms with van der Waals surface area (Å²) in [5.74, 6) is -0.381. The van der Waals surface area contributed by atoms with Crippen molar-refractivity contribution in [3.63, 3.8) is 0 Å². The van der Waals surface area contributed by atoms with Gasteiger partial charge in [0.1, 0.15) is 23.1 Å². The first-order chi connectivity index (χ1) is 20.7. The van der Waals surface area contributed by atoms with E-state index < -0.39 is 35.8 Å². The second-order valence-electron chi connectivity index (χ2n) is 10.8. The molecular formula is C31H32F3N3O6S. The Balaban J connectivity index is 1.60. The Morgan fingerprint density at radius 1 is 0.955 bits per heavy atom. The molecule has 0 unspecified atom stereocenters. The second kappa shape index (κ2) is 13.5. The number of nitrogens with zero attached hydrogens (tertiary/aromatic N) is 1. The van der Waals surface area contributed by atoms with Crippen molar-refractivity contribution >= 4 is 35.4 Å². The molecule has 1 aliphatic heterocycles. The van der Waals surface area contributed by atoms with Crippen LogP contribution in [-0.2, 0) is 22.6 Å². The minimum atomic E-state index is -4.84. The van der Waals surface area contributed by atoms with E-state index in [0.29, 0.717) is 27.5 Å². The van der Waals surface area contributed by atoms with Crippen LogP contribution in [-0.4, -0.2) is 48.8 Å². The molecule has 0 bridgehead atoms. The highest BCUT2D eigenvalue weighted by molar-refractivity contribution is 7.99. The number of anilines is 1. The van der Waals surface area contributed by atoms with E-state index in [0.717, 1.165) is 17.7 Å². The number of alkyl halides is 3. The lowest BCUT2D eigenvalue weighted by molar-refractivity contribution is -0.274. The number of carbonyl (C=O) groups is 3. The highest BCUT2D eigenvalue weighted by atomic mass is 32.2. The van der Waals surface area contributed by atoms with Crippen LogP contribution in [0.3, 0.4) is 0 Å². The average molecular weight is 632 g/mol. The maximum absolute atomic E-state index is 13.9. The molecule has 4 rings (SSSR count). The van der Waals surface area contributed by atoms with Gasteiger partial charge in [0, 0.05) is 22.8 Å². The first kappa shape index (κ1) is 32.5. The number of hydrogen-bond acceptors (Lipinski definition) is 7. The molecule has 9 nitrogen and oxygen atoms in total. The van der Waals surface area contributed by atoms with Gasteiger partial charge in [-0.05, 0) is 74.4 Å². The molecule has 44 heavy (non-hydrogen) atoms. The largest absolute Gasteiger partial charge is 0.573 e. The van der Waals surface area contributed by atoms with Gasteiger partial charge >= 0.3 is 12.5 Å². The lowest BCUT2D eigenvalue weighted by Crippen LogP contribution is -2.50. The first-order valence-corrected chi connectivity index (χ1v) is 14.5. The zero-order valence-electron chi connectivity index (χ0n) is 24.5. The summed E-state index contributed by atoms with van der Waals surface area (Å²) in [5, 5.41) is 5.49. The number of amides is 3. The third kappa shape index (κ3) is 9.06. The molecule has 3 amide bonds. The van der Waals surface area contributed by atoms with Gasteiger partial charge in [0.2, 0.25) is 0 Å². The van der Waals surface area contributed by atoms with Gasteiger partial charge in [-0.1, -0.05) is 24.3 Å². The lowest BCUT2D eigenvalue weighted by Gasteiger charge is -2.27. The summed E-state index contributed by atoms with van der Waals surface area (Å²) in [5.41, 5.74) is 1.28. The van der Waals surface area contributed by atoms with E-state index in [1.165, 1.54) is 28.8 Å². The number of methoxy groups -OCH3 is 1. The number of hydrogen-bond donors (Lipinski definition) is 2. The summed E-state index contributed by atoms with van der Waals surface area (Å²) in [6.07, 6.45) is -5.61. The van der Waals surface area contributed by atoms with Crippen LogP contribution in [0.15, 0.2) is 71.6 Å². The Morgan fingerprint density at radius 3 is 2.20 bits per heavy atom. The fraction of sp³-hybridized carbons (Fsp3) is 0.323. The molecule has 1 aliphatic rings. The molecule has 0 aliphatic carbocycles. The minimum Gasteiger partial charge on any atom is -0.497 e.